The summed E-state index contributed by atoms with van der Waals surface area (Å²) in [6.07, 6.45) is -0.769. The molecule has 1 fully saturated rings. The summed E-state index contributed by atoms with van der Waals surface area (Å²) in [5.74, 6) is 1.20. The zero-order valence-electron chi connectivity index (χ0n) is 5.90. The minimum Gasteiger partial charge on any atom is -0.479 e. The Hall–Kier alpha value is 0.130. The zero-order valence-corrected chi connectivity index (χ0v) is 7.53. The first-order valence-corrected chi connectivity index (χ1v) is 5.84. The van der Waals surface area contributed by atoms with Crippen LogP contribution in [-0.4, -0.2) is 33.8 Å². The predicted molar refractivity (Wildman–Crippen MR) is 46.7 cm³/mol. The van der Waals surface area contributed by atoms with Crippen molar-refractivity contribution < 1.29 is 15.0 Å². The summed E-state index contributed by atoms with van der Waals surface area (Å²) < 4.78 is 0. The lowest BCUT2D eigenvalue weighted by Gasteiger charge is -2.09. The van der Waals surface area contributed by atoms with Gasteiger partial charge in [-0.3, -0.25) is 0 Å². The smallest absolute Gasteiger partial charge is 0.332 e. The van der Waals surface area contributed by atoms with Crippen molar-refractivity contribution in [3.05, 3.63) is 0 Å². The van der Waals surface area contributed by atoms with E-state index in [1.807, 2.05) is 0 Å². The third-order valence-corrected chi connectivity index (χ3v) is 4.23. The topological polar surface area (TPSA) is 57.5 Å². The second kappa shape index (κ2) is 4.23. The van der Waals surface area contributed by atoms with Crippen molar-refractivity contribution in [2.45, 2.75) is 12.5 Å². The van der Waals surface area contributed by atoms with E-state index in [1.165, 1.54) is 0 Å². The van der Waals surface area contributed by atoms with E-state index >= 15 is 0 Å². The van der Waals surface area contributed by atoms with Crippen LogP contribution in [0.15, 0.2) is 0 Å². The van der Waals surface area contributed by atoms with Gasteiger partial charge in [0.1, 0.15) is 0 Å². The molecular formula is C6H10O3S2. The summed E-state index contributed by atoms with van der Waals surface area (Å²) >= 11 is 0. The Kier molecular flexibility index (Phi) is 3.54. The number of hydrogen-bond acceptors (Lipinski definition) is 4. The second-order valence-corrected chi connectivity index (χ2v) is 5.08. The molecule has 0 aromatic heterocycles. The van der Waals surface area contributed by atoms with Gasteiger partial charge in [-0.05, 0) is 12.3 Å². The van der Waals surface area contributed by atoms with Crippen LogP contribution in [0.5, 0.6) is 0 Å². The zero-order chi connectivity index (χ0) is 8.27. The number of carbonyl (C=O) groups is 1. The van der Waals surface area contributed by atoms with Crippen molar-refractivity contribution >= 4 is 27.6 Å². The summed E-state index contributed by atoms with van der Waals surface area (Å²) in [7, 11) is 3.50. The molecule has 0 bridgehead atoms. The molecule has 1 aliphatic heterocycles. The van der Waals surface area contributed by atoms with Crippen LogP contribution in [0.25, 0.3) is 0 Å². The molecule has 0 radical (unpaired) electrons. The van der Waals surface area contributed by atoms with Gasteiger partial charge in [0.25, 0.3) is 0 Å². The second-order valence-electron chi connectivity index (χ2n) is 2.52. The van der Waals surface area contributed by atoms with Crippen LogP contribution >= 0.6 is 21.6 Å². The maximum Gasteiger partial charge on any atom is 0.332 e. The van der Waals surface area contributed by atoms with Gasteiger partial charge in [0, 0.05) is 11.5 Å². The molecule has 3 nitrogen and oxygen atoms in total. The maximum atomic E-state index is 10.2. The van der Waals surface area contributed by atoms with Crippen LogP contribution in [0.2, 0.25) is 0 Å². The molecule has 1 rings (SSSR count). The third-order valence-electron chi connectivity index (χ3n) is 1.53. The number of rotatable bonds is 3. The fourth-order valence-electron chi connectivity index (χ4n) is 0.889. The lowest BCUT2D eigenvalue weighted by atomic mass is 10.1. The van der Waals surface area contributed by atoms with Crippen LogP contribution in [0.1, 0.15) is 6.42 Å². The molecule has 1 heterocycles. The number of aliphatic carboxylic acids is 1. The Morgan fingerprint density at radius 3 is 2.55 bits per heavy atom. The van der Waals surface area contributed by atoms with Crippen LogP contribution in [-0.2, 0) is 4.79 Å². The van der Waals surface area contributed by atoms with Crippen LogP contribution in [0.4, 0.5) is 0 Å². The molecule has 64 valence electrons. The monoisotopic (exact) mass is 194 g/mol. The minimum atomic E-state index is -1.17. The van der Waals surface area contributed by atoms with E-state index in [9.17, 15) is 4.79 Å². The first-order chi connectivity index (χ1) is 5.20. The fraction of sp³-hybridized carbons (Fsp3) is 0.833. The van der Waals surface area contributed by atoms with Crippen LogP contribution < -0.4 is 0 Å². The quantitative estimate of drug-likeness (QED) is 0.652. The maximum absolute atomic E-state index is 10.2. The standard InChI is InChI=1S/C6H10O3S2/c7-5(6(8)9)1-4-2-10-11-3-4/h4-5,7H,1-3H2,(H,8,9). The Morgan fingerprint density at radius 1 is 1.55 bits per heavy atom. The highest BCUT2D eigenvalue weighted by Crippen LogP contribution is 2.36. The molecule has 1 unspecified atom stereocenters. The lowest BCUT2D eigenvalue weighted by molar-refractivity contribution is -0.147. The van der Waals surface area contributed by atoms with E-state index in [1.54, 1.807) is 21.6 Å². The van der Waals surface area contributed by atoms with Gasteiger partial charge in [0.05, 0.1) is 0 Å². The van der Waals surface area contributed by atoms with E-state index in [0.29, 0.717) is 12.3 Å². The summed E-state index contributed by atoms with van der Waals surface area (Å²) in [5.41, 5.74) is 0. The van der Waals surface area contributed by atoms with Crippen molar-refractivity contribution in [2.24, 2.45) is 5.92 Å². The van der Waals surface area contributed by atoms with E-state index in [0.717, 1.165) is 11.5 Å². The molecule has 1 atom stereocenters. The molecule has 1 saturated heterocycles. The third kappa shape index (κ3) is 2.92. The molecular weight excluding hydrogens is 184 g/mol. The molecule has 0 aliphatic carbocycles. The molecule has 0 saturated carbocycles. The number of carboxylic acids is 1. The molecule has 11 heavy (non-hydrogen) atoms. The predicted octanol–water partition coefficient (Wildman–Crippen LogP) is 0.833. The Morgan fingerprint density at radius 2 is 2.09 bits per heavy atom. The Bertz CT molecular complexity index is 145. The summed E-state index contributed by atoms with van der Waals surface area (Å²) in [5, 5.41) is 17.3. The van der Waals surface area contributed by atoms with E-state index in [2.05, 4.69) is 0 Å². The van der Waals surface area contributed by atoms with E-state index in [-0.39, 0.29) is 0 Å². The van der Waals surface area contributed by atoms with Crippen LogP contribution in [0, 0.1) is 5.92 Å². The number of aliphatic hydroxyl groups is 1. The highest BCUT2D eigenvalue weighted by molar-refractivity contribution is 8.77. The number of aliphatic hydroxyl groups excluding tert-OH is 1. The van der Waals surface area contributed by atoms with Crippen molar-refractivity contribution in [3.8, 4) is 0 Å². The van der Waals surface area contributed by atoms with Gasteiger partial charge in [-0.25, -0.2) is 4.79 Å². The highest BCUT2D eigenvalue weighted by atomic mass is 33.1. The fourth-order valence-corrected chi connectivity index (χ4v) is 3.86. The molecule has 1 aliphatic rings. The first kappa shape index (κ1) is 9.22. The van der Waals surface area contributed by atoms with Gasteiger partial charge in [-0.2, -0.15) is 0 Å². The molecule has 2 N–H and O–H groups in total. The molecule has 0 spiro atoms. The number of hydrogen-bond donors (Lipinski definition) is 2. The van der Waals surface area contributed by atoms with Crippen molar-refractivity contribution in [1.29, 1.82) is 0 Å². The van der Waals surface area contributed by atoms with Crippen LogP contribution in [0.3, 0.4) is 0 Å². The minimum absolute atomic E-state index is 0.371. The summed E-state index contributed by atoms with van der Waals surface area (Å²) in [6.45, 7) is 0. The van der Waals surface area contributed by atoms with Gasteiger partial charge in [0.2, 0.25) is 0 Å². The van der Waals surface area contributed by atoms with Gasteiger partial charge in [0.15, 0.2) is 6.10 Å². The van der Waals surface area contributed by atoms with Crippen molar-refractivity contribution in [3.63, 3.8) is 0 Å². The molecule has 0 aromatic rings. The summed E-state index contributed by atoms with van der Waals surface area (Å²) in [4.78, 5) is 10.2. The van der Waals surface area contributed by atoms with Gasteiger partial charge in [-0.1, -0.05) is 21.6 Å². The van der Waals surface area contributed by atoms with Crippen molar-refractivity contribution in [1.82, 2.24) is 0 Å². The summed E-state index contributed by atoms with van der Waals surface area (Å²) in [6, 6.07) is 0. The van der Waals surface area contributed by atoms with Gasteiger partial charge < -0.3 is 10.2 Å². The SMILES string of the molecule is O=C(O)C(O)CC1CSSC1. The van der Waals surface area contributed by atoms with E-state index < -0.39 is 12.1 Å². The Labute approximate surface area is 73.0 Å². The van der Waals surface area contributed by atoms with Gasteiger partial charge >= 0.3 is 5.97 Å². The Balaban J connectivity index is 2.23. The number of carboxylic acid groups (broad SMARTS) is 1. The first-order valence-electron chi connectivity index (χ1n) is 3.35. The highest BCUT2D eigenvalue weighted by Gasteiger charge is 2.23. The molecule has 5 heteroatoms. The molecule has 0 aromatic carbocycles. The largest absolute Gasteiger partial charge is 0.479 e. The van der Waals surface area contributed by atoms with E-state index in [4.69, 9.17) is 10.2 Å². The average molecular weight is 194 g/mol. The van der Waals surface area contributed by atoms with Crippen molar-refractivity contribution in [2.75, 3.05) is 11.5 Å². The normalized spacial score (nSPS) is 21.9. The lowest BCUT2D eigenvalue weighted by Crippen LogP contribution is -2.23. The van der Waals surface area contributed by atoms with Gasteiger partial charge in [-0.15, -0.1) is 0 Å². The molecule has 0 amide bonds. The average Bonchev–Trinajstić information content (AvgIpc) is 2.39.